The Labute approximate surface area is 99.3 Å². The first-order valence-corrected chi connectivity index (χ1v) is 5.67. The summed E-state index contributed by atoms with van der Waals surface area (Å²) in [6.45, 7) is 3.46. The number of hydrogen-bond acceptors (Lipinski definition) is 5. The third-order valence-corrected chi connectivity index (χ3v) is 3.13. The third-order valence-electron chi connectivity index (χ3n) is 2.94. The van der Waals surface area contributed by atoms with E-state index in [4.69, 9.17) is 17.3 Å². The van der Waals surface area contributed by atoms with Crippen molar-refractivity contribution in [2.24, 2.45) is 5.92 Å². The molecule has 1 saturated heterocycles. The summed E-state index contributed by atoms with van der Waals surface area (Å²) in [6, 6.07) is 1.67. The standard InChI is InChI=1S/C10H15ClN4O/c1-6-2-3-15(5-7(6)16)9-4-8(11)13-10(12)14-9/h4,6-7,16H,2-3,5H2,1H3,(H2,12,13,14). The van der Waals surface area contributed by atoms with Gasteiger partial charge in [0.1, 0.15) is 11.0 Å². The lowest BCUT2D eigenvalue weighted by Crippen LogP contribution is -2.43. The molecule has 0 bridgehead atoms. The van der Waals surface area contributed by atoms with Crippen LogP contribution in [-0.2, 0) is 0 Å². The first kappa shape index (κ1) is 11.4. The van der Waals surface area contributed by atoms with Crippen molar-refractivity contribution in [1.29, 1.82) is 0 Å². The van der Waals surface area contributed by atoms with E-state index in [0.29, 0.717) is 23.4 Å². The molecule has 1 aromatic heterocycles. The van der Waals surface area contributed by atoms with Crippen molar-refractivity contribution < 1.29 is 5.11 Å². The minimum Gasteiger partial charge on any atom is -0.391 e. The Morgan fingerprint density at radius 1 is 1.56 bits per heavy atom. The minimum absolute atomic E-state index is 0.163. The summed E-state index contributed by atoms with van der Waals surface area (Å²) < 4.78 is 0. The maximum absolute atomic E-state index is 9.80. The zero-order valence-electron chi connectivity index (χ0n) is 9.10. The average molecular weight is 243 g/mol. The highest BCUT2D eigenvalue weighted by Gasteiger charge is 2.25. The second-order valence-electron chi connectivity index (χ2n) is 4.19. The number of β-amino-alcohol motifs (C(OH)–C–C–N with tert-alkyl or cyclic N) is 1. The van der Waals surface area contributed by atoms with Crippen molar-refractivity contribution in [1.82, 2.24) is 9.97 Å². The van der Waals surface area contributed by atoms with Crippen molar-refractivity contribution in [3.05, 3.63) is 11.2 Å². The Hall–Kier alpha value is -1.07. The van der Waals surface area contributed by atoms with Gasteiger partial charge in [0.05, 0.1) is 6.10 Å². The normalized spacial score (nSPS) is 25.8. The van der Waals surface area contributed by atoms with Gasteiger partial charge in [-0.2, -0.15) is 4.98 Å². The van der Waals surface area contributed by atoms with Crippen LogP contribution in [0.25, 0.3) is 0 Å². The number of nitrogens with zero attached hydrogens (tertiary/aromatic N) is 3. The molecule has 3 N–H and O–H groups in total. The van der Waals surface area contributed by atoms with E-state index < -0.39 is 0 Å². The molecule has 0 saturated carbocycles. The average Bonchev–Trinajstić information content (AvgIpc) is 2.20. The number of piperidine rings is 1. The van der Waals surface area contributed by atoms with Crippen LogP contribution in [-0.4, -0.2) is 34.3 Å². The van der Waals surface area contributed by atoms with Crippen molar-refractivity contribution in [3.8, 4) is 0 Å². The molecule has 1 aliphatic rings. The Bertz CT molecular complexity index is 367. The fourth-order valence-corrected chi connectivity index (χ4v) is 2.03. The lowest BCUT2D eigenvalue weighted by molar-refractivity contribution is 0.102. The van der Waals surface area contributed by atoms with Crippen molar-refractivity contribution >= 4 is 23.4 Å². The van der Waals surface area contributed by atoms with Gasteiger partial charge in [-0.05, 0) is 12.3 Å². The summed E-state index contributed by atoms with van der Waals surface area (Å²) in [6.07, 6.45) is 0.603. The third kappa shape index (κ3) is 2.36. The lowest BCUT2D eigenvalue weighted by atomic mass is 9.96. The van der Waals surface area contributed by atoms with Crippen LogP contribution in [0.4, 0.5) is 11.8 Å². The quantitative estimate of drug-likeness (QED) is 0.717. The lowest BCUT2D eigenvalue weighted by Gasteiger charge is -2.35. The topological polar surface area (TPSA) is 75.3 Å². The molecule has 16 heavy (non-hydrogen) atoms. The van der Waals surface area contributed by atoms with E-state index in [9.17, 15) is 5.11 Å². The van der Waals surface area contributed by atoms with Gasteiger partial charge >= 0.3 is 0 Å². The molecule has 2 unspecified atom stereocenters. The number of aliphatic hydroxyl groups excluding tert-OH is 1. The second-order valence-corrected chi connectivity index (χ2v) is 4.57. The molecule has 0 amide bonds. The van der Waals surface area contributed by atoms with Gasteiger partial charge in [-0.15, -0.1) is 0 Å². The number of rotatable bonds is 1. The number of aromatic nitrogens is 2. The summed E-state index contributed by atoms with van der Waals surface area (Å²) in [5.74, 6) is 1.17. The fourth-order valence-electron chi connectivity index (χ4n) is 1.84. The molecule has 0 spiro atoms. The molecule has 0 aliphatic carbocycles. The highest BCUT2D eigenvalue weighted by Crippen LogP contribution is 2.23. The number of nitrogen functional groups attached to an aromatic ring is 1. The molecule has 1 aliphatic heterocycles. The summed E-state index contributed by atoms with van der Waals surface area (Å²) in [5, 5.41) is 10.1. The molecular weight excluding hydrogens is 228 g/mol. The van der Waals surface area contributed by atoms with Gasteiger partial charge in [0.15, 0.2) is 0 Å². The predicted octanol–water partition coefficient (Wildman–Crippen LogP) is 0.919. The molecule has 1 fully saturated rings. The van der Waals surface area contributed by atoms with Crippen LogP contribution >= 0.6 is 11.6 Å². The van der Waals surface area contributed by atoms with E-state index in [2.05, 4.69) is 9.97 Å². The zero-order chi connectivity index (χ0) is 11.7. The van der Waals surface area contributed by atoms with Gasteiger partial charge in [0.25, 0.3) is 0 Å². The van der Waals surface area contributed by atoms with E-state index in [-0.39, 0.29) is 12.1 Å². The molecule has 1 aromatic rings. The summed E-state index contributed by atoms with van der Waals surface area (Å²) >= 11 is 5.81. The van der Waals surface area contributed by atoms with Crippen LogP contribution < -0.4 is 10.6 Å². The van der Waals surface area contributed by atoms with Gasteiger partial charge in [0, 0.05) is 19.2 Å². The molecule has 6 heteroatoms. The minimum atomic E-state index is -0.330. The van der Waals surface area contributed by atoms with Crippen LogP contribution in [0.5, 0.6) is 0 Å². The van der Waals surface area contributed by atoms with Gasteiger partial charge < -0.3 is 15.7 Å². The highest BCUT2D eigenvalue weighted by atomic mass is 35.5. The Morgan fingerprint density at radius 3 is 2.94 bits per heavy atom. The van der Waals surface area contributed by atoms with Crippen molar-refractivity contribution in [2.45, 2.75) is 19.4 Å². The molecular formula is C10H15ClN4O. The first-order valence-electron chi connectivity index (χ1n) is 5.29. The van der Waals surface area contributed by atoms with E-state index >= 15 is 0 Å². The molecule has 5 nitrogen and oxygen atoms in total. The summed E-state index contributed by atoms with van der Waals surface area (Å²) in [4.78, 5) is 9.90. The van der Waals surface area contributed by atoms with Crippen LogP contribution in [0.3, 0.4) is 0 Å². The Kier molecular flexibility index (Phi) is 3.16. The smallest absolute Gasteiger partial charge is 0.223 e. The van der Waals surface area contributed by atoms with E-state index in [1.807, 2.05) is 11.8 Å². The number of hydrogen-bond donors (Lipinski definition) is 2. The summed E-state index contributed by atoms with van der Waals surface area (Å²) in [7, 11) is 0. The first-order chi connectivity index (χ1) is 7.56. The predicted molar refractivity (Wildman–Crippen MR) is 63.5 cm³/mol. The number of aliphatic hydroxyl groups is 1. The molecule has 0 aromatic carbocycles. The monoisotopic (exact) mass is 242 g/mol. The Morgan fingerprint density at radius 2 is 2.31 bits per heavy atom. The second kappa shape index (κ2) is 4.43. The van der Waals surface area contributed by atoms with Crippen LogP contribution in [0.1, 0.15) is 13.3 Å². The van der Waals surface area contributed by atoms with Gasteiger partial charge in [-0.1, -0.05) is 18.5 Å². The van der Waals surface area contributed by atoms with E-state index in [1.54, 1.807) is 6.07 Å². The van der Waals surface area contributed by atoms with Gasteiger partial charge in [0.2, 0.25) is 5.95 Å². The number of nitrogens with two attached hydrogens (primary N) is 1. The maximum atomic E-state index is 9.80. The van der Waals surface area contributed by atoms with Gasteiger partial charge in [-0.3, -0.25) is 0 Å². The fraction of sp³-hybridized carbons (Fsp3) is 0.600. The van der Waals surface area contributed by atoms with E-state index in [0.717, 1.165) is 13.0 Å². The molecule has 2 atom stereocenters. The Balaban J connectivity index is 2.18. The van der Waals surface area contributed by atoms with Gasteiger partial charge in [-0.25, -0.2) is 4.98 Å². The largest absolute Gasteiger partial charge is 0.391 e. The molecule has 88 valence electrons. The SMILES string of the molecule is CC1CCN(c2cc(Cl)nc(N)n2)CC1O. The van der Waals surface area contributed by atoms with Crippen molar-refractivity contribution in [2.75, 3.05) is 23.7 Å². The molecule has 0 radical (unpaired) electrons. The molecule has 2 heterocycles. The number of halogens is 1. The highest BCUT2D eigenvalue weighted by molar-refractivity contribution is 6.29. The summed E-state index contributed by atoms with van der Waals surface area (Å²) in [5.41, 5.74) is 5.53. The number of anilines is 2. The van der Waals surface area contributed by atoms with Crippen LogP contribution in [0, 0.1) is 5.92 Å². The molecule has 2 rings (SSSR count). The van der Waals surface area contributed by atoms with E-state index in [1.165, 1.54) is 0 Å². The zero-order valence-corrected chi connectivity index (χ0v) is 9.85. The van der Waals surface area contributed by atoms with Crippen molar-refractivity contribution in [3.63, 3.8) is 0 Å². The van der Waals surface area contributed by atoms with Crippen LogP contribution in [0.2, 0.25) is 5.15 Å². The maximum Gasteiger partial charge on any atom is 0.223 e. The van der Waals surface area contributed by atoms with Crippen LogP contribution in [0.15, 0.2) is 6.07 Å².